The average molecular weight is 886 g/mol. The number of aromatic amines is 1. The summed E-state index contributed by atoms with van der Waals surface area (Å²) < 4.78 is 0. The minimum Gasteiger partial charge on any atom is -0.355 e. The van der Waals surface area contributed by atoms with Crippen LogP contribution in [0.15, 0.2) is 231 Å². The Morgan fingerprint density at radius 1 is 0.275 bits per heavy atom. The lowest BCUT2D eigenvalue weighted by atomic mass is 9.82. The molecule has 0 unspecified atom stereocenters. The molecule has 0 saturated carbocycles. The molecular weight excluding hydrogens is 835 g/mol. The Kier molecular flexibility index (Phi) is 9.22. The predicted octanol–water partition coefficient (Wildman–Crippen LogP) is 18.2. The molecule has 0 amide bonds. The van der Waals surface area contributed by atoms with Gasteiger partial charge in [-0.3, -0.25) is 0 Å². The van der Waals surface area contributed by atoms with Gasteiger partial charge in [0.15, 0.2) is 0 Å². The van der Waals surface area contributed by atoms with Gasteiger partial charge >= 0.3 is 0 Å². The third kappa shape index (κ3) is 6.56. The van der Waals surface area contributed by atoms with Crippen LogP contribution in [0.5, 0.6) is 0 Å². The van der Waals surface area contributed by atoms with Gasteiger partial charge in [0.25, 0.3) is 0 Å². The molecule has 0 fully saturated rings. The Bertz CT molecular complexity index is 3520. The number of fused-ring (bicyclic) bond motifs is 9. The van der Waals surface area contributed by atoms with E-state index in [2.05, 4.69) is 273 Å². The molecule has 2 aliphatic rings. The lowest BCUT2D eigenvalue weighted by Gasteiger charge is -2.28. The Morgan fingerprint density at radius 2 is 0.609 bits per heavy atom. The molecule has 0 bridgehead atoms. The minimum absolute atomic E-state index is 0.0826. The molecule has 11 aromatic rings. The van der Waals surface area contributed by atoms with E-state index in [1.54, 1.807) is 0 Å². The number of hydrogen-bond acceptors (Lipinski definition) is 2. The summed E-state index contributed by atoms with van der Waals surface area (Å²) in [5.74, 6) is 0. The first-order valence-electron chi connectivity index (χ1n) is 24.2. The van der Waals surface area contributed by atoms with Gasteiger partial charge in [-0.2, -0.15) is 0 Å². The van der Waals surface area contributed by atoms with Crippen molar-refractivity contribution < 1.29 is 0 Å². The van der Waals surface area contributed by atoms with Crippen LogP contribution in [0.1, 0.15) is 49.9 Å². The predicted molar refractivity (Wildman–Crippen MR) is 291 cm³/mol. The van der Waals surface area contributed by atoms with Gasteiger partial charge in [0.05, 0.1) is 0 Å². The van der Waals surface area contributed by atoms with Crippen molar-refractivity contribution in [3.05, 3.63) is 253 Å². The summed E-state index contributed by atoms with van der Waals surface area (Å²) in [5, 5.41) is 2.43. The Hall–Kier alpha value is -8.40. The maximum atomic E-state index is 3.70. The smallest absolute Gasteiger partial charge is 0.0465 e. The van der Waals surface area contributed by atoms with Crippen LogP contribution in [0.4, 0.5) is 34.1 Å². The molecule has 0 aliphatic heterocycles. The summed E-state index contributed by atoms with van der Waals surface area (Å²) >= 11 is 0. The van der Waals surface area contributed by atoms with E-state index in [0.29, 0.717) is 0 Å². The molecule has 2 aliphatic carbocycles. The van der Waals surface area contributed by atoms with Crippen molar-refractivity contribution in [3.8, 4) is 44.5 Å². The van der Waals surface area contributed by atoms with Gasteiger partial charge in [0.2, 0.25) is 0 Å². The first kappa shape index (κ1) is 40.8. The van der Waals surface area contributed by atoms with Crippen LogP contribution < -0.4 is 9.80 Å². The van der Waals surface area contributed by atoms with Gasteiger partial charge in [-0.25, -0.2) is 0 Å². The monoisotopic (exact) mass is 885 g/mol. The minimum atomic E-state index is -0.0826. The summed E-state index contributed by atoms with van der Waals surface area (Å²) in [4.78, 5) is 8.46. The second kappa shape index (κ2) is 15.6. The first-order valence-corrected chi connectivity index (χ1v) is 24.2. The summed E-state index contributed by atoms with van der Waals surface area (Å²) in [7, 11) is 0. The van der Waals surface area contributed by atoms with Crippen LogP contribution in [-0.2, 0) is 10.8 Å². The van der Waals surface area contributed by atoms with E-state index < -0.39 is 0 Å². The van der Waals surface area contributed by atoms with Crippen molar-refractivity contribution in [1.29, 1.82) is 0 Å². The van der Waals surface area contributed by atoms with Gasteiger partial charge in [0.1, 0.15) is 0 Å². The number of rotatable bonds is 8. The number of aromatic nitrogens is 1. The Balaban J connectivity index is 0.816. The highest BCUT2D eigenvalue weighted by Gasteiger charge is 2.37. The number of hydrogen-bond donors (Lipinski definition) is 1. The summed E-state index contributed by atoms with van der Waals surface area (Å²) in [5.41, 5.74) is 24.5. The molecule has 1 N–H and O–H groups in total. The topological polar surface area (TPSA) is 22.3 Å². The highest BCUT2D eigenvalue weighted by Crippen LogP contribution is 2.52. The van der Waals surface area contributed by atoms with Crippen LogP contribution >= 0.6 is 0 Å². The summed E-state index contributed by atoms with van der Waals surface area (Å²) in [6.45, 7) is 9.40. The molecule has 0 atom stereocenters. The third-order valence-electron chi connectivity index (χ3n) is 15.2. The van der Waals surface area contributed by atoms with Crippen LogP contribution in [-0.4, -0.2) is 4.98 Å². The Labute approximate surface area is 404 Å². The van der Waals surface area contributed by atoms with Crippen LogP contribution in [0.3, 0.4) is 0 Å². The van der Waals surface area contributed by atoms with E-state index in [9.17, 15) is 0 Å². The van der Waals surface area contributed by atoms with Crippen LogP contribution in [0, 0.1) is 0 Å². The van der Waals surface area contributed by atoms with E-state index in [4.69, 9.17) is 0 Å². The second-order valence-corrected chi connectivity index (χ2v) is 19.9. The highest BCUT2D eigenvalue weighted by atomic mass is 15.1. The maximum Gasteiger partial charge on any atom is 0.0465 e. The molecule has 1 aromatic heterocycles. The number of benzene rings is 10. The number of nitrogens with one attached hydrogen (secondary N) is 1. The summed E-state index contributed by atoms with van der Waals surface area (Å²) in [6, 6.07) is 84.9. The van der Waals surface area contributed by atoms with E-state index in [-0.39, 0.29) is 10.8 Å². The van der Waals surface area contributed by atoms with E-state index >= 15 is 0 Å². The zero-order valence-electron chi connectivity index (χ0n) is 39.3. The quantitative estimate of drug-likeness (QED) is 0.164. The number of nitrogens with zero attached hydrogens (tertiary/aromatic N) is 2. The molecule has 0 saturated heterocycles. The third-order valence-corrected chi connectivity index (χ3v) is 15.2. The van der Waals surface area contributed by atoms with Crippen molar-refractivity contribution in [3.63, 3.8) is 0 Å². The SMILES string of the molecule is CC1(C)c2ccccc2-c2ccc(N(c3ccccc3)c3ccc(-c4ccc5[nH]c6ccc(-c7ccc(N(c8ccccc8)c8ccc9c(c8)C(C)(C)c8ccccc8-9)cc7)cc6c5c4)cc3)cc21. The van der Waals surface area contributed by atoms with Crippen molar-refractivity contribution in [2.24, 2.45) is 0 Å². The van der Waals surface area contributed by atoms with Crippen molar-refractivity contribution in [2.45, 2.75) is 38.5 Å². The largest absolute Gasteiger partial charge is 0.355 e. The fraction of sp³-hybridized carbons (Fsp3) is 0.0909. The van der Waals surface area contributed by atoms with Gasteiger partial charge in [-0.1, -0.05) is 161 Å². The lowest BCUT2D eigenvalue weighted by molar-refractivity contribution is 0.660. The molecule has 0 spiro atoms. The normalized spacial score (nSPS) is 13.7. The molecule has 69 heavy (non-hydrogen) atoms. The maximum absolute atomic E-state index is 3.70. The number of H-pyrrole nitrogens is 1. The van der Waals surface area contributed by atoms with Crippen molar-refractivity contribution in [1.82, 2.24) is 4.98 Å². The fourth-order valence-electron chi connectivity index (χ4n) is 11.6. The molecule has 10 aromatic carbocycles. The van der Waals surface area contributed by atoms with E-state index in [0.717, 1.165) is 45.2 Å². The molecular formula is C66H51N3. The first-order chi connectivity index (χ1) is 33.7. The van der Waals surface area contributed by atoms with Crippen molar-refractivity contribution >= 4 is 55.9 Å². The summed E-state index contributed by atoms with van der Waals surface area (Å²) in [6.07, 6.45) is 0. The fourth-order valence-corrected chi connectivity index (χ4v) is 11.6. The molecule has 1 heterocycles. The van der Waals surface area contributed by atoms with E-state index in [1.165, 1.54) is 77.5 Å². The Morgan fingerprint density at radius 3 is 1.03 bits per heavy atom. The zero-order chi connectivity index (χ0) is 46.4. The average Bonchev–Trinajstić information content (AvgIpc) is 3.96. The molecule has 0 radical (unpaired) electrons. The zero-order valence-corrected chi connectivity index (χ0v) is 39.3. The second-order valence-electron chi connectivity index (χ2n) is 19.9. The van der Waals surface area contributed by atoms with Gasteiger partial charge < -0.3 is 14.8 Å². The molecule has 3 heteroatoms. The molecule has 330 valence electrons. The molecule has 3 nitrogen and oxygen atoms in total. The van der Waals surface area contributed by atoms with Gasteiger partial charge in [-0.15, -0.1) is 0 Å². The lowest BCUT2D eigenvalue weighted by Crippen LogP contribution is -2.16. The molecule has 13 rings (SSSR count). The van der Waals surface area contributed by atoms with E-state index in [1.807, 2.05) is 0 Å². The van der Waals surface area contributed by atoms with Crippen LogP contribution in [0.25, 0.3) is 66.3 Å². The highest BCUT2D eigenvalue weighted by molar-refractivity contribution is 6.10. The van der Waals surface area contributed by atoms with Gasteiger partial charge in [-0.05, 0) is 164 Å². The van der Waals surface area contributed by atoms with Crippen LogP contribution in [0.2, 0.25) is 0 Å². The number of para-hydroxylation sites is 2. The standard InChI is InChI=1S/C66H51N3/c1-65(2)59-21-13-11-19-53(59)55-35-33-51(41-61(55)65)68(47-15-7-5-8-16-47)49-29-23-43(24-30-49)45-27-37-63-57(39-45)58-40-46(28-38-64(58)67-63)44-25-31-50(32-26-44)69(48-17-9-6-10-18-48)52-34-36-56-54-20-12-14-22-60(54)66(3,4)62(56)42-52/h5-42,67H,1-4H3. The van der Waals surface area contributed by atoms with Crippen molar-refractivity contribution in [2.75, 3.05) is 9.80 Å². The number of anilines is 6. The van der Waals surface area contributed by atoms with Gasteiger partial charge in [0, 0.05) is 66.8 Å².